The molecule has 3 aromatic carbocycles. The zero-order valence-electron chi connectivity index (χ0n) is 51.4. The van der Waals surface area contributed by atoms with Crippen LogP contribution in [0.25, 0.3) is 56.1 Å². The van der Waals surface area contributed by atoms with Crippen LogP contribution >= 0.6 is 92.2 Å². The summed E-state index contributed by atoms with van der Waals surface area (Å²) in [4.78, 5) is 63.3. The Hall–Kier alpha value is -8.41. The number of hydrogen-bond donors (Lipinski definition) is 6. The number of nitrogen functional groups attached to an aromatic ring is 2. The van der Waals surface area contributed by atoms with E-state index < -0.39 is 13.8 Å². The first kappa shape index (κ1) is 80.0. The molecule has 2 aliphatic rings. The van der Waals surface area contributed by atoms with Crippen LogP contribution in [0, 0.1) is 5.21 Å². The summed E-state index contributed by atoms with van der Waals surface area (Å²) in [6.07, 6.45) is 9.16. The molecule has 96 heavy (non-hydrogen) atoms. The minimum absolute atomic E-state index is 0. The molecule has 0 aliphatic carbocycles. The third-order valence-corrected chi connectivity index (χ3v) is 14.3. The average Bonchev–Trinajstić information content (AvgIpc) is 1.58. The van der Waals surface area contributed by atoms with E-state index in [1.165, 1.54) is 23.0 Å². The molecule has 0 atom stereocenters. The number of methoxy groups -OCH3 is 2. The van der Waals surface area contributed by atoms with Gasteiger partial charge in [0.2, 0.25) is 5.91 Å². The van der Waals surface area contributed by atoms with E-state index in [0.29, 0.717) is 108 Å². The molecule has 29 nitrogen and oxygen atoms in total. The number of amides is 1. The van der Waals surface area contributed by atoms with Gasteiger partial charge >= 0.3 is 44.9 Å². The van der Waals surface area contributed by atoms with Gasteiger partial charge in [0.15, 0.2) is 34.0 Å². The van der Waals surface area contributed by atoms with Crippen molar-refractivity contribution >= 4 is 166 Å². The molecule has 2 saturated heterocycles. The number of aliphatic carboxylic acids is 1. The molecule has 0 spiro atoms. The van der Waals surface area contributed by atoms with Gasteiger partial charge in [-0.15, -0.1) is 54.5 Å². The first-order valence-corrected chi connectivity index (χ1v) is 30.4. The number of nitrogens with zero attached hydrogens (tertiary/aromatic N) is 18. The van der Waals surface area contributed by atoms with E-state index in [2.05, 4.69) is 70.4 Å². The summed E-state index contributed by atoms with van der Waals surface area (Å²) in [5, 5.41) is 39.5. The van der Waals surface area contributed by atoms with Gasteiger partial charge in [-0.2, -0.15) is 10.2 Å². The van der Waals surface area contributed by atoms with Gasteiger partial charge in [-0.25, -0.2) is 39.3 Å². The number of carbonyl (C=O) groups excluding carboxylic acids is 1. The number of fused-ring (bicyclic) bond motifs is 3. The number of nitrogens with two attached hydrogens (primary N) is 2. The number of halogens is 13. The molecule has 7 aromatic heterocycles. The maximum absolute atomic E-state index is 13.1. The molecular formula is C53H65Cl7F6N23O6P. The first-order valence-electron chi connectivity index (χ1n) is 27.3. The SMILES string of the molecule is CN(C)C(n1n[n+]([O-])c2cc(Cl)ccc21)=[N+](C)C.COc1cc(N2CCN(C(=O)Cn3nc(-c4ncc[nH]4)c4c(N)ncnc43)CC2)ccc1Cl.COc1cc(N2CCNCC2)ccc1Cl.Cl.Cl.Cl.Cl.F[P-](F)(F)(F)(F)F.Nc1ncnc2c1c(-c1ncc[nH]1)nn2CC(=O)O. The van der Waals surface area contributed by atoms with E-state index >= 15 is 0 Å². The van der Waals surface area contributed by atoms with Gasteiger partial charge < -0.3 is 61.2 Å². The molecule has 43 heteroatoms. The fourth-order valence-electron chi connectivity index (χ4n) is 9.52. The molecule has 2 aliphatic heterocycles. The van der Waals surface area contributed by atoms with Crippen molar-refractivity contribution in [2.45, 2.75) is 13.1 Å². The Kier molecular flexibility index (Phi) is 27.5. The maximum atomic E-state index is 13.1. The zero-order valence-corrected chi connectivity index (χ0v) is 57.8. The van der Waals surface area contributed by atoms with Crippen LogP contribution in [0.1, 0.15) is 0 Å². The Balaban J connectivity index is 0.000000271. The fraction of sp³-hybridized carbons (Fsp3) is 0.302. The normalized spacial score (nSPS) is 13.3. The Morgan fingerprint density at radius 2 is 1.15 bits per heavy atom. The van der Waals surface area contributed by atoms with Gasteiger partial charge in [0, 0.05) is 112 Å². The van der Waals surface area contributed by atoms with E-state index in [0.717, 1.165) is 43.6 Å². The number of carbonyl (C=O) groups is 2. The molecule has 0 saturated carbocycles. The van der Waals surface area contributed by atoms with Crippen LogP contribution in [0.5, 0.6) is 11.5 Å². The van der Waals surface area contributed by atoms with Crippen LogP contribution in [0.3, 0.4) is 0 Å². The second kappa shape index (κ2) is 33.0. The van der Waals surface area contributed by atoms with Crippen molar-refractivity contribution in [1.82, 2.24) is 84.4 Å². The summed E-state index contributed by atoms with van der Waals surface area (Å²) in [5.74, 6) is 2.64. The number of anilines is 4. The van der Waals surface area contributed by atoms with E-state index in [4.69, 9.17) is 60.9 Å². The third-order valence-electron chi connectivity index (χ3n) is 13.4. The van der Waals surface area contributed by atoms with E-state index in [1.54, 1.807) is 66.6 Å². The Morgan fingerprint density at radius 3 is 1.56 bits per heavy atom. The monoisotopic (exact) mass is 1510 g/mol. The number of aromatic nitrogens is 15. The van der Waals surface area contributed by atoms with Gasteiger partial charge in [0.25, 0.3) is 0 Å². The van der Waals surface area contributed by atoms with Gasteiger partial charge in [-0.05, 0) is 36.4 Å². The molecule has 9 heterocycles. The second-order valence-corrected chi connectivity index (χ2v) is 23.5. The number of carboxylic acids is 1. The number of carboxylic acid groups (broad SMARTS) is 1. The van der Waals surface area contributed by atoms with Crippen LogP contribution in [0.4, 0.5) is 48.2 Å². The third kappa shape index (κ3) is 21.0. The quantitative estimate of drug-likeness (QED) is 0.0186. The molecule has 2 fully saturated rings. The fourth-order valence-corrected chi connectivity index (χ4v) is 10.1. The molecule has 10 aromatic rings. The van der Waals surface area contributed by atoms with E-state index in [1.807, 2.05) is 79.0 Å². The minimum Gasteiger partial charge on any atom is -0.480 e. The Bertz CT molecular complexity index is 4270. The largest absolute Gasteiger partial charge is 0.480 e. The summed E-state index contributed by atoms with van der Waals surface area (Å²) >= 11 is 18.0. The minimum atomic E-state index is -10.7. The Labute approximate surface area is 582 Å². The van der Waals surface area contributed by atoms with Crippen molar-refractivity contribution in [3.8, 4) is 34.5 Å². The number of imidazole rings is 2. The smallest absolute Gasteiger partial charge is 0.325 e. The zero-order chi connectivity index (χ0) is 66.9. The van der Waals surface area contributed by atoms with Gasteiger partial charge in [0.05, 0.1) is 68.4 Å². The maximum Gasteiger partial charge on any atom is 0.325 e. The summed E-state index contributed by atoms with van der Waals surface area (Å²) in [5.41, 5.74) is 17.1. The van der Waals surface area contributed by atoms with Crippen molar-refractivity contribution in [2.24, 2.45) is 0 Å². The van der Waals surface area contributed by atoms with Gasteiger partial charge in [-0.1, -0.05) is 39.5 Å². The van der Waals surface area contributed by atoms with Gasteiger partial charge in [-0.3, -0.25) is 19.1 Å². The standard InChI is InChI=1S/C21H22ClN9O2.C11H15ClN5O.C11H15ClN2O.C10H9N7O2.4ClH.F6P/c1-33-15-10-13(2-3-14(15)22)29-6-8-30(9-7-29)16(32)11-31-21-17(19(23)26-12-27-21)18(28-31)20-24-4-5-25-20;1-14(2)11(15(3)4)16-9-6-5-8(12)7-10(9)17(18)13-16;1-15-11-8-9(2-3-10(11)12)14-6-4-13-5-7-14;11-8-6-7(9-12-1-2-13-9)16-17(3-5(18)19)10(6)15-4-14-8;;;;;1-7(2,3,4,5)6/h2-5,10,12H,6-9,11H2,1H3,(H,24,25)(H2,23,26,27);5-7H,1-4H3;2-3,8,13H,4-7H2,1H3;1-2,4H,3H2,(H,12,13)(H,18,19)(H2,11,14,15);4*1H;/q;+1;;;;;;;-1. The van der Waals surface area contributed by atoms with Crippen LogP contribution in [-0.2, 0) is 22.7 Å². The van der Waals surface area contributed by atoms with Crippen molar-refractivity contribution in [3.05, 3.63) is 112 Å². The molecule has 0 unspecified atom stereocenters. The van der Waals surface area contributed by atoms with Crippen LogP contribution < -0.4 is 40.9 Å². The Morgan fingerprint density at radius 1 is 0.688 bits per heavy atom. The number of aromatic amines is 2. The van der Waals surface area contributed by atoms with Crippen molar-refractivity contribution in [3.63, 3.8) is 0 Å². The number of H-pyrrole nitrogens is 2. The average molecular weight is 1510 g/mol. The molecule has 12 rings (SSSR count). The number of hydrogen-bond acceptors (Lipinski definition) is 19. The topological polar surface area (TPSA) is 342 Å². The van der Waals surface area contributed by atoms with Crippen molar-refractivity contribution in [1.29, 1.82) is 0 Å². The number of ether oxygens (including phenoxy) is 2. The summed E-state index contributed by atoms with van der Waals surface area (Å²) in [6, 6.07) is 16.7. The molecule has 1 amide bonds. The molecule has 524 valence electrons. The predicted molar refractivity (Wildman–Crippen MR) is 365 cm³/mol. The molecular weight excluding hydrogens is 1450 g/mol. The summed E-state index contributed by atoms with van der Waals surface area (Å²) in [7, 11) is 0.165. The van der Waals surface area contributed by atoms with Crippen LogP contribution in [-0.4, -0.2) is 201 Å². The van der Waals surface area contributed by atoms with Crippen LogP contribution in [0.2, 0.25) is 15.1 Å². The first-order chi connectivity index (χ1) is 43.4. The number of nitrogens with one attached hydrogen (secondary N) is 3. The molecule has 8 N–H and O–H groups in total. The van der Waals surface area contributed by atoms with Crippen molar-refractivity contribution in [2.75, 3.05) is 116 Å². The summed E-state index contributed by atoms with van der Waals surface area (Å²) < 4.78 is 76.0. The molecule has 0 radical (unpaired) electrons. The van der Waals surface area contributed by atoms with Crippen LogP contribution in [0.15, 0.2) is 92.0 Å². The number of piperazine rings is 2. The number of rotatable bonds is 10. The van der Waals surface area contributed by atoms with E-state index in [9.17, 15) is 40.0 Å². The second-order valence-electron chi connectivity index (χ2n) is 20.3. The van der Waals surface area contributed by atoms with Crippen molar-refractivity contribution < 1.29 is 58.8 Å². The molecule has 0 bridgehead atoms. The summed E-state index contributed by atoms with van der Waals surface area (Å²) in [6.45, 7) is 6.43. The van der Waals surface area contributed by atoms with E-state index in [-0.39, 0.29) is 80.3 Å². The predicted octanol–water partition coefficient (Wildman–Crippen LogP) is 8.88. The van der Waals surface area contributed by atoms with Gasteiger partial charge in [0.1, 0.15) is 60.3 Å². The number of benzene rings is 3.